The number of anilines is 1. The van der Waals surface area contributed by atoms with E-state index < -0.39 is 21.8 Å². The summed E-state index contributed by atoms with van der Waals surface area (Å²) in [4.78, 5) is 9.21. The van der Waals surface area contributed by atoms with Crippen molar-refractivity contribution in [3.63, 3.8) is 0 Å². The first-order chi connectivity index (χ1) is 13.2. The number of aromatic nitrogens is 2. The summed E-state index contributed by atoms with van der Waals surface area (Å²) >= 11 is 1.19. The minimum atomic E-state index is -4.53. The Morgan fingerprint density at radius 3 is 2.39 bits per heavy atom. The van der Waals surface area contributed by atoms with Crippen molar-refractivity contribution in [3.05, 3.63) is 59.1 Å². The smallest absolute Gasteiger partial charge is 0.255 e. The third kappa shape index (κ3) is 4.50. The lowest BCUT2D eigenvalue weighted by molar-refractivity contribution is -0.137. The van der Waals surface area contributed by atoms with Crippen molar-refractivity contribution in [3.8, 4) is 11.4 Å². The molecule has 0 spiro atoms. The second-order valence-electron chi connectivity index (χ2n) is 5.88. The highest BCUT2D eigenvalue weighted by atomic mass is 32.2. The quantitative estimate of drug-likeness (QED) is 0.602. The zero-order valence-corrected chi connectivity index (χ0v) is 16.3. The number of aryl methyl sites for hydroxylation is 1. The summed E-state index contributed by atoms with van der Waals surface area (Å²) < 4.78 is 65.4. The molecule has 0 atom stereocenters. The second kappa shape index (κ2) is 7.88. The summed E-state index contributed by atoms with van der Waals surface area (Å²) in [6.45, 7) is 1.99. The highest BCUT2D eigenvalue weighted by Crippen LogP contribution is 2.33. The van der Waals surface area contributed by atoms with Crippen molar-refractivity contribution in [2.24, 2.45) is 0 Å². The van der Waals surface area contributed by atoms with Crippen LogP contribution in [0.3, 0.4) is 0 Å². The normalized spacial score (nSPS) is 12.1. The number of sulfonamides is 1. The number of hydrogen-bond donors (Lipinski definition) is 1. The number of thiazole rings is 1. The average Bonchev–Trinajstić information content (AvgIpc) is 3.04. The summed E-state index contributed by atoms with van der Waals surface area (Å²) in [5.41, 5.74) is 0.308. The zero-order valence-electron chi connectivity index (χ0n) is 14.7. The monoisotopic (exact) mass is 427 g/mol. The largest absolute Gasteiger partial charge is 0.416 e. The molecule has 0 radical (unpaired) electrons. The fourth-order valence-electron chi connectivity index (χ4n) is 2.49. The fraction of sp³-hybridized carbons (Fsp3) is 0.222. The van der Waals surface area contributed by atoms with Crippen molar-refractivity contribution in [1.82, 2.24) is 9.97 Å². The number of halogens is 3. The Balaban J connectivity index is 1.90. The first-order valence-corrected chi connectivity index (χ1v) is 10.6. The van der Waals surface area contributed by atoms with E-state index in [-0.39, 0.29) is 10.0 Å². The van der Waals surface area contributed by atoms with E-state index in [0.29, 0.717) is 17.8 Å². The highest BCUT2D eigenvalue weighted by Gasteiger charge is 2.30. The van der Waals surface area contributed by atoms with Crippen LogP contribution in [0.25, 0.3) is 11.4 Å². The van der Waals surface area contributed by atoms with Gasteiger partial charge in [0, 0.05) is 11.1 Å². The summed E-state index contributed by atoms with van der Waals surface area (Å²) in [6.07, 6.45) is -1.37. The van der Waals surface area contributed by atoms with Gasteiger partial charge in [-0.2, -0.15) is 13.2 Å². The fourth-order valence-corrected chi connectivity index (χ4v) is 4.80. The standard InChI is InChI=1S/C18H16F3N3O2S2/c1-2-5-15-16(14-6-3-4-11-22-14)23-17(27-15)24-28(25,26)13-9-7-12(8-10-13)18(19,20)21/h3-4,6-11H,2,5H2,1H3,(H,23,24). The van der Waals surface area contributed by atoms with Crippen LogP contribution in [-0.2, 0) is 22.6 Å². The number of alkyl halides is 3. The SMILES string of the molecule is CCCc1sc(NS(=O)(=O)c2ccc(C(F)(F)F)cc2)nc1-c1ccccn1. The molecule has 28 heavy (non-hydrogen) atoms. The third-order valence-corrected chi connectivity index (χ3v) is 6.31. The van der Waals surface area contributed by atoms with Gasteiger partial charge in [0.05, 0.1) is 16.2 Å². The number of nitrogens with zero attached hydrogens (tertiary/aromatic N) is 2. The molecule has 10 heteroatoms. The average molecular weight is 427 g/mol. The Morgan fingerprint density at radius 2 is 1.82 bits per heavy atom. The minimum absolute atomic E-state index is 0.143. The third-order valence-electron chi connectivity index (χ3n) is 3.80. The molecule has 5 nitrogen and oxygen atoms in total. The van der Waals surface area contributed by atoms with Crippen LogP contribution in [0.2, 0.25) is 0 Å². The van der Waals surface area contributed by atoms with E-state index in [1.54, 1.807) is 18.3 Å². The molecule has 0 unspecified atom stereocenters. The van der Waals surface area contributed by atoms with E-state index in [2.05, 4.69) is 14.7 Å². The lowest BCUT2D eigenvalue weighted by Crippen LogP contribution is -2.13. The van der Waals surface area contributed by atoms with Crippen molar-refractivity contribution < 1.29 is 21.6 Å². The topological polar surface area (TPSA) is 72.0 Å². The minimum Gasteiger partial charge on any atom is -0.255 e. The van der Waals surface area contributed by atoms with E-state index in [1.165, 1.54) is 11.3 Å². The van der Waals surface area contributed by atoms with Gasteiger partial charge in [-0.3, -0.25) is 9.71 Å². The van der Waals surface area contributed by atoms with Crippen LogP contribution in [0.15, 0.2) is 53.6 Å². The molecular formula is C18H16F3N3O2S2. The lowest BCUT2D eigenvalue weighted by Gasteiger charge is -2.08. The van der Waals surface area contributed by atoms with Crippen molar-refractivity contribution >= 4 is 26.5 Å². The van der Waals surface area contributed by atoms with Crippen molar-refractivity contribution in [2.75, 3.05) is 4.72 Å². The molecule has 0 amide bonds. The summed E-state index contributed by atoms with van der Waals surface area (Å²) in [5, 5.41) is 0.143. The number of benzene rings is 1. The van der Waals surface area contributed by atoms with E-state index in [0.717, 1.165) is 35.6 Å². The van der Waals surface area contributed by atoms with Crippen LogP contribution < -0.4 is 4.72 Å². The van der Waals surface area contributed by atoms with Crippen molar-refractivity contribution in [1.29, 1.82) is 0 Å². The molecule has 0 aliphatic rings. The van der Waals surface area contributed by atoms with E-state index in [1.807, 2.05) is 13.0 Å². The molecule has 0 saturated heterocycles. The Bertz CT molecular complexity index is 1050. The van der Waals surface area contributed by atoms with E-state index in [9.17, 15) is 21.6 Å². The Kier molecular flexibility index (Phi) is 5.71. The van der Waals surface area contributed by atoms with Crippen LogP contribution in [0.1, 0.15) is 23.8 Å². The lowest BCUT2D eigenvalue weighted by atomic mass is 10.2. The molecule has 0 bridgehead atoms. The maximum atomic E-state index is 12.7. The van der Waals surface area contributed by atoms with Gasteiger partial charge in [0.1, 0.15) is 5.69 Å². The molecule has 1 N–H and O–H groups in total. The molecule has 0 aliphatic heterocycles. The Hall–Kier alpha value is -2.46. The molecule has 1 aromatic carbocycles. The van der Waals surface area contributed by atoms with Crippen LogP contribution in [0, 0.1) is 0 Å². The molecular weight excluding hydrogens is 411 g/mol. The van der Waals surface area contributed by atoms with Gasteiger partial charge in [0.25, 0.3) is 10.0 Å². The molecule has 3 aromatic rings. The first kappa shape index (κ1) is 20.3. The summed E-state index contributed by atoms with van der Waals surface area (Å²) in [6, 6.07) is 8.67. The highest BCUT2D eigenvalue weighted by molar-refractivity contribution is 7.93. The van der Waals surface area contributed by atoms with Gasteiger partial charge in [-0.1, -0.05) is 19.4 Å². The van der Waals surface area contributed by atoms with E-state index >= 15 is 0 Å². The molecule has 3 rings (SSSR count). The Labute approximate surface area is 164 Å². The predicted molar refractivity (Wildman–Crippen MR) is 102 cm³/mol. The van der Waals surface area contributed by atoms with Gasteiger partial charge in [-0.25, -0.2) is 13.4 Å². The maximum Gasteiger partial charge on any atom is 0.416 e. The molecule has 2 heterocycles. The van der Waals surface area contributed by atoms with Crippen LogP contribution >= 0.6 is 11.3 Å². The molecule has 148 valence electrons. The Morgan fingerprint density at radius 1 is 1.11 bits per heavy atom. The van der Waals surface area contributed by atoms with Gasteiger partial charge in [-0.05, 0) is 42.8 Å². The van der Waals surface area contributed by atoms with Gasteiger partial charge in [0.2, 0.25) is 0 Å². The van der Waals surface area contributed by atoms with Gasteiger partial charge < -0.3 is 0 Å². The van der Waals surface area contributed by atoms with Crippen LogP contribution in [0.5, 0.6) is 0 Å². The molecule has 0 saturated carbocycles. The second-order valence-corrected chi connectivity index (χ2v) is 8.65. The van der Waals surface area contributed by atoms with Gasteiger partial charge in [0.15, 0.2) is 5.13 Å². The summed E-state index contributed by atoms with van der Waals surface area (Å²) in [5.74, 6) is 0. The first-order valence-electron chi connectivity index (χ1n) is 8.32. The van der Waals surface area contributed by atoms with Crippen molar-refractivity contribution in [2.45, 2.75) is 30.8 Å². The van der Waals surface area contributed by atoms with Gasteiger partial charge >= 0.3 is 6.18 Å². The van der Waals surface area contributed by atoms with Gasteiger partial charge in [-0.15, -0.1) is 11.3 Å². The number of rotatable bonds is 6. The van der Waals surface area contributed by atoms with E-state index in [4.69, 9.17) is 0 Å². The van der Waals surface area contributed by atoms with Crippen LogP contribution in [-0.4, -0.2) is 18.4 Å². The molecule has 2 aromatic heterocycles. The molecule has 0 aliphatic carbocycles. The van der Waals surface area contributed by atoms with Crippen LogP contribution in [0.4, 0.5) is 18.3 Å². The number of hydrogen-bond acceptors (Lipinski definition) is 5. The maximum absolute atomic E-state index is 12.7. The summed E-state index contributed by atoms with van der Waals surface area (Å²) in [7, 11) is -4.07. The number of nitrogens with one attached hydrogen (secondary N) is 1. The number of pyridine rings is 1. The molecule has 0 fully saturated rings. The zero-order chi connectivity index (χ0) is 20.4. The predicted octanol–water partition coefficient (Wildman–Crippen LogP) is 4.98.